The molecule has 1 amide bonds. The normalized spacial score (nSPS) is 14.8. The zero-order valence-electron chi connectivity index (χ0n) is 9.05. The third kappa shape index (κ3) is 2.11. The molecule has 4 heteroatoms. The highest BCUT2D eigenvalue weighted by atomic mass is 16.2. The van der Waals surface area contributed by atoms with E-state index in [0.717, 1.165) is 17.0 Å². The van der Waals surface area contributed by atoms with Crippen LogP contribution in [0.1, 0.15) is 12.5 Å². The summed E-state index contributed by atoms with van der Waals surface area (Å²) in [5, 5.41) is 0. The number of anilines is 1. The molecule has 0 fully saturated rings. The maximum absolute atomic E-state index is 11.1. The number of nitrogens with zero attached hydrogens (tertiary/aromatic N) is 2. The molecule has 1 aromatic carbocycles. The summed E-state index contributed by atoms with van der Waals surface area (Å²) in [5.41, 5.74) is 8.22. The Morgan fingerprint density at radius 1 is 1.38 bits per heavy atom. The van der Waals surface area contributed by atoms with E-state index in [1.54, 1.807) is 11.1 Å². The summed E-state index contributed by atoms with van der Waals surface area (Å²) in [4.78, 5) is 17.0. The van der Waals surface area contributed by atoms with Gasteiger partial charge in [0.25, 0.3) is 0 Å². The van der Waals surface area contributed by atoms with Crippen LogP contribution in [0.2, 0.25) is 0 Å². The molecule has 1 aliphatic heterocycles. The number of rotatable bonds is 1. The number of benzene rings is 1. The summed E-state index contributed by atoms with van der Waals surface area (Å²) in [7, 11) is 0. The lowest BCUT2D eigenvalue weighted by Gasteiger charge is -2.18. The molecule has 2 N–H and O–H groups in total. The second-order valence-corrected chi connectivity index (χ2v) is 3.61. The zero-order chi connectivity index (χ0) is 11.5. The van der Waals surface area contributed by atoms with Gasteiger partial charge in [-0.25, -0.2) is 0 Å². The predicted molar refractivity (Wildman–Crippen MR) is 63.9 cm³/mol. The Morgan fingerprint density at radius 2 is 2.06 bits per heavy atom. The standard InChI is InChI=1S/C12H13N3O/c1-9(16)15-7-6-12(14-8-15)10-2-4-11(13)5-3-10/h2-7H,8,13H2,1H3. The molecule has 0 radical (unpaired) electrons. The summed E-state index contributed by atoms with van der Waals surface area (Å²) in [6, 6.07) is 7.51. The van der Waals surface area contributed by atoms with E-state index in [4.69, 9.17) is 5.73 Å². The first-order valence-electron chi connectivity index (χ1n) is 5.02. The van der Waals surface area contributed by atoms with Crippen LogP contribution in [0.25, 0.3) is 0 Å². The summed E-state index contributed by atoms with van der Waals surface area (Å²) >= 11 is 0. The van der Waals surface area contributed by atoms with Crippen molar-refractivity contribution in [2.75, 3.05) is 12.4 Å². The van der Waals surface area contributed by atoms with Gasteiger partial charge < -0.3 is 5.73 Å². The minimum Gasteiger partial charge on any atom is -0.399 e. The number of hydrogen-bond acceptors (Lipinski definition) is 3. The van der Waals surface area contributed by atoms with Gasteiger partial charge in [0, 0.05) is 18.8 Å². The van der Waals surface area contributed by atoms with Crippen molar-refractivity contribution in [2.45, 2.75) is 6.92 Å². The summed E-state index contributed by atoms with van der Waals surface area (Å²) in [6.07, 6.45) is 3.58. The molecule has 1 heterocycles. The summed E-state index contributed by atoms with van der Waals surface area (Å²) < 4.78 is 0. The van der Waals surface area contributed by atoms with Crippen molar-refractivity contribution in [1.82, 2.24) is 4.90 Å². The number of nitrogen functional groups attached to an aromatic ring is 1. The van der Waals surface area contributed by atoms with Crippen LogP contribution in [0.5, 0.6) is 0 Å². The molecule has 2 rings (SSSR count). The Labute approximate surface area is 94.1 Å². The molecular weight excluding hydrogens is 202 g/mol. The average Bonchev–Trinajstić information content (AvgIpc) is 2.30. The number of hydrogen-bond donors (Lipinski definition) is 1. The highest BCUT2D eigenvalue weighted by Crippen LogP contribution is 2.11. The number of aliphatic imine (C=N–C) groups is 1. The Balaban J connectivity index is 2.17. The lowest BCUT2D eigenvalue weighted by Crippen LogP contribution is -2.26. The van der Waals surface area contributed by atoms with Crippen LogP contribution < -0.4 is 5.73 Å². The number of carbonyl (C=O) groups excluding carboxylic acids is 1. The molecule has 0 bridgehead atoms. The van der Waals surface area contributed by atoms with E-state index in [2.05, 4.69) is 4.99 Å². The van der Waals surface area contributed by atoms with Crippen LogP contribution in [0.15, 0.2) is 41.5 Å². The molecule has 0 atom stereocenters. The van der Waals surface area contributed by atoms with Gasteiger partial charge in [-0.3, -0.25) is 14.7 Å². The number of allylic oxidation sites excluding steroid dienone is 1. The quantitative estimate of drug-likeness (QED) is 0.720. The van der Waals surface area contributed by atoms with Crippen molar-refractivity contribution < 1.29 is 4.79 Å². The molecule has 1 aliphatic rings. The minimum atomic E-state index is -0.00337. The molecule has 0 unspecified atom stereocenters. The molecule has 0 aromatic heterocycles. The van der Waals surface area contributed by atoms with Gasteiger partial charge in [-0.1, -0.05) is 12.1 Å². The third-order valence-electron chi connectivity index (χ3n) is 2.42. The smallest absolute Gasteiger partial charge is 0.224 e. The fourth-order valence-corrected chi connectivity index (χ4v) is 1.46. The van der Waals surface area contributed by atoms with Crippen LogP contribution in [-0.2, 0) is 4.79 Å². The predicted octanol–water partition coefficient (Wildman–Crippen LogP) is 1.39. The SMILES string of the molecule is CC(=O)N1C=CC(c2ccc(N)cc2)=NC1. The average molecular weight is 215 g/mol. The van der Waals surface area contributed by atoms with Gasteiger partial charge in [-0.2, -0.15) is 0 Å². The highest BCUT2D eigenvalue weighted by Gasteiger charge is 2.10. The first kappa shape index (κ1) is 10.4. The van der Waals surface area contributed by atoms with Crippen LogP contribution in [0.3, 0.4) is 0 Å². The molecule has 82 valence electrons. The zero-order valence-corrected chi connectivity index (χ0v) is 9.05. The monoisotopic (exact) mass is 215 g/mol. The largest absolute Gasteiger partial charge is 0.399 e. The highest BCUT2D eigenvalue weighted by molar-refractivity contribution is 6.09. The molecule has 0 saturated heterocycles. The van der Waals surface area contributed by atoms with Crippen molar-refractivity contribution in [3.63, 3.8) is 0 Å². The van der Waals surface area contributed by atoms with Gasteiger partial charge in [0.15, 0.2) is 0 Å². The number of carbonyl (C=O) groups is 1. The molecule has 1 aromatic rings. The van der Waals surface area contributed by atoms with Crippen molar-refractivity contribution in [1.29, 1.82) is 0 Å². The van der Waals surface area contributed by atoms with E-state index in [-0.39, 0.29) is 5.91 Å². The Morgan fingerprint density at radius 3 is 2.56 bits per heavy atom. The topological polar surface area (TPSA) is 58.7 Å². The van der Waals surface area contributed by atoms with Crippen molar-refractivity contribution in [3.05, 3.63) is 42.1 Å². The third-order valence-corrected chi connectivity index (χ3v) is 2.42. The molecule has 0 aliphatic carbocycles. The van der Waals surface area contributed by atoms with Crippen molar-refractivity contribution in [2.24, 2.45) is 4.99 Å². The van der Waals surface area contributed by atoms with Gasteiger partial charge in [-0.15, -0.1) is 0 Å². The van der Waals surface area contributed by atoms with Crippen molar-refractivity contribution in [3.8, 4) is 0 Å². The number of amides is 1. The lowest BCUT2D eigenvalue weighted by molar-refractivity contribution is -0.126. The Bertz CT molecular complexity index is 460. The Hall–Kier alpha value is -2.10. The fourth-order valence-electron chi connectivity index (χ4n) is 1.46. The van der Waals surface area contributed by atoms with Gasteiger partial charge in [0.05, 0.1) is 5.71 Å². The molecular formula is C12H13N3O. The van der Waals surface area contributed by atoms with E-state index in [0.29, 0.717) is 6.67 Å². The molecule has 0 spiro atoms. The second kappa shape index (κ2) is 4.18. The number of nitrogens with two attached hydrogens (primary N) is 1. The van der Waals surface area contributed by atoms with E-state index >= 15 is 0 Å². The van der Waals surface area contributed by atoms with Gasteiger partial charge >= 0.3 is 0 Å². The Kier molecular flexibility index (Phi) is 2.72. The van der Waals surface area contributed by atoms with E-state index in [9.17, 15) is 4.79 Å². The van der Waals surface area contributed by atoms with Crippen LogP contribution in [0.4, 0.5) is 5.69 Å². The minimum absolute atomic E-state index is 0.00337. The van der Waals surface area contributed by atoms with Crippen molar-refractivity contribution >= 4 is 17.3 Å². The lowest BCUT2D eigenvalue weighted by atomic mass is 10.1. The first-order valence-corrected chi connectivity index (χ1v) is 5.02. The van der Waals surface area contributed by atoms with Gasteiger partial charge in [0.2, 0.25) is 5.91 Å². The van der Waals surface area contributed by atoms with Gasteiger partial charge in [-0.05, 0) is 23.8 Å². The van der Waals surface area contributed by atoms with Gasteiger partial charge in [0.1, 0.15) is 6.67 Å². The summed E-state index contributed by atoms with van der Waals surface area (Å²) in [5.74, 6) is -0.00337. The van der Waals surface area contributed by atoms with Crippen LogP contribution in [-0.4, -0.2) is 23.2 Å². The van der Waals surface area contributed by atoms with E-state index in [1.807, 2.05) is 30.3 Å². The first-order chi connectivity index (χ1) is 7.66. The van der Waals surface area contributed by atoms with Crippen LogP contribution >= 0.6 is 0 Å². The van der Waals surface area contributed by atoms with E-state index < -0.39 is 0 Å². The van der Waals surface area contributed by atoms with E-state index in [1.165, 1.54) is 6.92 Å². The molecule has 0 saturated carbocycles. The van der Waals surface area contributed by atoms with Crippen LogP contribution in [0, 0.1) is 0 Å². The molecule has 16 heavy (non-hydrogen) atoms. The maximum atomic E-state index is 11.1. The fraction of sp³-hybridized carbons (Fsp3) is 0.167. The second-order valence-electron chi connectivity index (χ2n) is 3.61. The molecule has 4 nitrogen and oxygen atoms in total. The maximum Gasteiger partial charge on any atom is 0.224 e. The summed E-state index contributed by atoms with van der Waals surface area (Å²) in [6.45, 7) is 1.90.